The van der Waals surface area contributed by atoms with Gasteiger partial charge in [0.05, 0.1) is 6.10 Å². The van der Waals surface area contributed by atoms with Crippen LogP contribution in [-0.2, 0) is 0 Å². The van der Waals surface area contributed by atoms with Gasteiger partial charge in [-0.1, -0.05) is 26.8 Å². The van der Waals surface area contributed by atoms with Crippen LogP contribution in [0.4, 0.5) is 0 Å². The Morgan fingerprint density at radius 2 is 2.00 bits per heavy atom. The quantitative estimate of drug-likeness (QED) is 0.670. The summed E-state index contributed by atoms with van der Waals surface area (Å²) in [6, 6.07) is 0. The third kappa shape index (κ3) is 1.11. The van der Waals surface area contributed by atoms with Gasteiger partial charge in [-0.15, -0.1) is 6.58 Å². The summed E-state index contributed by atoms with van der Waals surface area (Å²) < 4.78 is 0. The summed E-state index contributed by atoms with van der Waals surface area (Å²) in [4.78, 5) is 0. The standard InChI is InChI=1S/C13H22O/c1-5-6-9-7-13(4)8-10(9)12(2,3)11(13)14/h5,9-11,14H,1,6-8H2,2-4H3/t9?,10-,11+,13+/m0/s1. The van der Waals surface area contributed by atoms with Crippen LogP contribution in [0.5, 0.6) is 0 Å². The molecule has 1 N–H and O–H groups in total. The van der Waals surface area contributed by atoms with E-state index < -0.39 is 0 Å². The lowest BCUT2D eigenvalue weighted by atomic mass is 9.65. The minimum absolute atomic E-state index is 0.110. The third-order valence-electron chi connectivity index (χ3n) is 4.77. The van der Waals surface area contributed by atoms with E-state index in [0.717, 1.165) is 12.3 Å². The van der Waals surface area contributed by atoms with Crippen molar-refractivity contribution in [1.82, 2.24) is 0 Å². The first-order valence-corrected chi connectivity index (χ1v) is 5.71. The molecule has 1 heteroatoms. The monoisotopic (exact) mass is 194 g/mol. The second kappa shape index (κ2) is 2.85. The third-order valence-corrected chi connectivity index (χ3v) is 4.77. The second-order valence-corrected chi connectivity index (χ2v) is 6.18. The predicted molar refractivity (Wildman–Crippen MR) is 58.9 cm³/mol. The van der Waals surface area contributed by atoms with E-state index in [1.807, 2.05) is 6.08 Å². The Labute approximate surface area is 87.2 Å². The van der Waals surface area contributed by atoms with Crippen LogP contribution in [0.25, 0.3) is 0 Å². The minimum atomic E-state index is -0.110. The molecule has 80 valence electrons. The number of fused-ring (bicyclic) bond motifs is 2. The molecule has 14 heavy (non-hydrogen) atoms. The molecule has 0 amide bonds. The molecular weight excluding hydrogens is 172 g/mol. The van der Waals surface area contributed by atoms with Crippen molar-refractivity contribution in [2.45, 2.75) is 46.1 Å². The van der Waals surface area contributed by atoms with Crippen molar-refractivity contribution >= 4 is 0 Å². The molecule has 0 heterocycles. The fourth-order valence-electron chi connectivity index (χ4n) is 4.15. The maximum atomic E-state index is 10.3. The van der Waals surface area contributed by atoms with Gasteiger partial charge in [-0.05, 0) is 41.9 Å². The number of hydrogen-bond donors (Lipinski definition) is 1. The van der Waals surface area contributed by atoms with Crippen molar-refractivity contribution in [2.75, 3.05) is 0 Å². The predicted octanol–water partition coefficient (Wildman–Crippen LogP) is 3.00. The Morgan fingerprint density at radius 1 is 1.36 bits per heavy atom. The highest BCUT2D eigenvalue weighted by Gasteiger charge is 2.62. The maximum Gasteiger partial charge on any atom is 0.0647 e. The molecule has 0 radical (unpaired) electrons. The highest BCUT2D eigenvalue weighted by atomic mass is 16.3. The Balaban J connectivity index is 2.25. The summed E-state index contributed by atoms with van der Waals surface area (Å²) in [5, 5.41) is 10.3. The fraction of sp³-hybridized carbons (Fsp3) is 0.846. The molecule has 2 fully saturated rings. The van der Waals surface area contributed by atoms with E-state index >= 15 is 0 Å². The first-order chi connectivity index (χ1) is 6.42. The van der Waals surface area contributed by atoms with Gasteiger partial charge in [-0.25, -0.2) is 0 Å². The van der Waals surface area contributed by atoms with E-state index in [0.29, 0.717) is 5.92 Å². The van der Waals surface area contributed by atoms with Crippen molar-refractivity contribution < 1.29 is 5.11 Å². The Hall–Kier alpha value is -0.300. The first-order valence-electron chi connectivity index (χ1n) is 5.71. The minimum Gasteiger partial charge on any atom is -0.392 e. The molecule has 2 aliphatic carbocycles. The Bertz CT molecular complexity index is 251. The van der Waals surface area contributed by atoms with Crippen LogP contribution in [0.3, 0.4) is 0 Å². The Morgan fingerprint density at radius 3 is 2.43 bits per heavy atom. The van der Waals surface area contributed by atoms with Gasteiger partial charge in [0, 0.05) is 0 Å². The van der Waals surface area contributed by atoms with Crippen LogP contribution in [0.2, 0.25) is 0 Å². The lowest BCUT2D eigenvalue weighted by Crippen LogP contribution is -2.43. The first kappa shape index (κ1) is 10.2. The number of rotatable bonds is 2. The van der Waals surface area contributed by atoms with Crippen molar-refractivity contribution in [3.63, 3.8) is 0 Å². The van der Waals surface area contributed by atoms with Gasteiger partial charge in [0.2, 0.25) is 0 Å². The van der Waals surface area contributed by atoms with Crippen LogP contribution in [-0.4, -0.2) is 11.2 Å². The number of hydrogen-bond acceptors (Lipinski definition) is 1. The molecular formula is C13H22O. The lowest BCUT2D eigenvalue weighted by molar-refractivity contribution is -0.0526. The molecule has 0 aliphatic heterocycles. The summed E-state index contributed by atoms with van der Waals surface area (Å²) in [5.41, 5.74) is 0.294. The van der Waals surface area contributed by atoms with Gasteiger partial charge in [-0.3, -0.25) is 0 Å². The molecule has 2 saturated carbocycles. The van der Waals surface area contributed by atoms with Crippen molar-refractivity contribution in [3.05, 3.63) is 12.7 Å². The zero-order valence-electron chi connectivity index (χ0n) is 9.59. The molecule has 2 aliphatic rings. The molecule has 4 atom stereocenters. The summed E-state index contributed by atoms with van der Waals surface area (Å²) in [6.07, 6.45) is 5.45. The van der Waals surface area contributed by atoms with Gasteiger partial charge < -0.3 is 5.11 Å². The van der Waals surface area contributed by atoms with E-state index in [2.05, 4.69) is 27.4 Å². The Kier molecular flexibility index (Phi) is 2.08. The smallest absolute Gasteiger partial charge is 0.0647 e. The average molecular weight is 194 g/mol. The van der Waals surface area contributed by atoms with E-state index in [1.54, 1.807) is 0 Å². The van der Waals surface area contributed by atoms with E-state index in [9.17, 15) is 5.11 Å². The normalized spacial score (nSPS) is 49.6. The molecule has 0 spiro atoms. The molecule has 0 saturated heterocycles. The number of aliphatic hydroxyl groups is 1. The van der Waals surface area contributed by atoms with Crippen LogP contribution in [0.1, 0.15) is 40.0 Å². The maximum absolute atomic E-state index is 10.3. The average Bonchev–Trinajstić information content (AvgIpc) is 2.50. The van der Waals surface area contributed by atoms with E-state index in [1.165, 1.54) is 12.8 Å². The van der Waals surface area contributed by atoms with Gasteiger partial charge in [0.1, 0.15) is 0 Å². The highest BCUT2D eigenvalue weighted by Crippen LogP contribution is 2.65. The SMILES string of the molecule is C=CCC1C[C@]2(C)C[C@@H]1C(C)(C)[C@H]2O. The number of allylic oxidation sites excluding steroid dienone is 1. The largest absolute Gasteiger partial charge is 0.392 e. The van der Waals surface area contributed by atoms with Crippen LogP contribution >= 0.6 is 0 Å². The zero-order chi connectivity index (χ0) is 10.6. The summed E-state index contributed by atoms with van der Waals surface area (Å²) >= 11 is 0. The number of aliphatic hydroxyl groups excluding tert-OH is 1. The van der Waals surface area contributed by atoms with Gasteiger partial charge in [-0.2, -0.15) is 0 Å². The van der Waals surface area contributed by atoms with Gasteiger partial charge in [0.25, 0.3) is 0 Å². The van der Waals surface area contributed by atoms with Gasteiger partial charge in [0.15, 0.2) is 0 Å². The van der Waals surface area contributed by atoms with E-state index in [-0.39, 0.29) is 16.9 Å². The zero-order valence-corrected chi connectivity index (χ0v) is 9.59. The molecule has 2 bridgehead atoms. The highest BCUT2D eigenvalue weighted by molar-refractivity contribution is 5.12. The van der Waals surface area contributed by atoms with Crippen molar-refractivity contribution in [2.24, 2.45) is 22.7 Å². The molecule has 0 aromatic rings. The molecule has 1 unspecified atom stereocenters. The lowest BCUT2D eigenvalue weighted by Gasteiger charge is -2.43. The molecule has 1 nitrogen and oxygen atoms in total. The summed E-state index contributed by atoms with van der Waals surface area (Å²) in [7, 11) is 0. The van der Waals surface area contributed by atoms with E-state index in [4.69, 9.17) is 0 Å². The topological polar surface area (TPSA) is 20.2 Å². The fourth-order valence-corrected chi connectivity index (χ4v) is 4.15. The second-order valence-electron chi connectivity index (χ2n) is 6.18. The van der Waals surface area contributed by atoms with Crippen LogP contribution in [0, 0.1) is 22.7 Å². The molecule has 0 aromatic carbocycles. The summed E-state index contributed by atoms with van der Waals surface area (Å²) in [6.45, 7) is 10.5. The molecule has 0 aromatic heterocycles. The van der Waals surface area contributed by atoms with Gasteiger partial charge >= 0.3 is 0 Å². The van der Waals surface area contributed by atoms with Crippen molar-refractivity contribution in [1.29, 1.82) is 0 Å². The summed E-state index contributed by atoms with van der Waals surface area (Å²) in [5.74, 6) is 1.45. The molecule has 2 rings (SSSR count). The van der Waals surface area contributed by atoms with Crippen molar-refractivity contribution in [3.8, 4) is 0 Å². The van der Waals surface area contributed by atoms with Crippen LogP contribution in [0.15, 0.2) is 12.7 Å². The van der Waals surface area contributed by atoms with Crippen LogP contribution < -0.4 is 0 Å².